The molecule has 0 saturated carbocycles. The number of benzene rings is 2. The summed E-state index contributed by atoms with van der Waals surface area (Å²) in [4.78, 5) is 10.5. The molecular weight excluding hydrogens is 575 g/mol. The van der Waals surface area contributed by atoms with Crippen molar-refractivity contribution in [2.24, 2.45) is 4.99 Å². The van der Waals surface area contributed by atoms with Gasteiger partial charge in [-0.1, -0.05) is 18.2 Å². The SMILES string of the molecule is COc1ccc(CN(Cc2ccc(C)cc2OC)C2=N[C@](C)(c3nc(Br)ccc3F)[C@@H](F)[C@@H](CF)O2)c(C)c1. The van der Waals surface area contributed by atoms with Gasteiger partial charge in [0.1, 0.15) is 39.8 Å². The number of hydrogen-bond donors (Lipinski definition) is 0. The number of aromatic nitrogens is 1. The third-order valence-corrected chi connectivity index (χ3v) is 7.32. The highest BCUT2D eigenvalue weighted by Crippen LogP contribution is 2.39. The highest BCUT2D eigenvalue weighted by Gasteiger charge is 2.50. The minimum Gasteiger partial charge on any atom is -0.497 e. The molecule has 3 atom stereocenters. The van der Waals surface area contributed by atoms with E-state index in [-0.39, 0.29) is 24.8 Å². The Morgan fingerprint density at radius 1 is 1.03 bits per heavy atom. The van der Waals surface area contributed by atoms with Gasteiger partial charge in [0.2, 0.25) is 0 Å². The number of hydrogen-bond acceptors (Lipinski definition) is 6. The summed E-state index contributed by atoms with van der Waals surface area (Å²) in [7, 11) is 3.17. The monoisotopic (exact) mass is 605 g/mol. The van der Waals surface area contributed by atoms with Crippen LogP contribution in [-0.2, 0) is 23.4 Å². The number of amidine groups is 1. The maximum Gasteiger partial charge on any atom is 0.289 e. The fourth-order valence-electron chi connectivity index (χ4n) is 4.61. The van der Waals surface area contributed by atoms with Crippen LogP contribution in [-0.4, -0.2) is 49.1 Å². The third-order valence-electron chi connectivity index (χ3n) is 6.88. The number of methoxy groups -OCH3 is 2. The molecule has 0 fully saturated rings. The van der Waals surface area contributed by atoms with E-state index >= 15 is 4.39 Å². The van der Waals surface area contributed by atoms with E-state index in [9.17, 15) is 8.78 Å². The van der Waals surface area contributed by atoms with Crippen molar-refractivity contribution in [2.75, 3.05) is 20.9 Å². The highest BCUT2D eigenvalue weighted by atomic mass is 79.9. The van der Waals surface area contributed by atoms with Crippen molar-refractivity contribution in [1.82, 2.24) is 9.88 Å². The summed E-state index contributed by atoms with van der Waals surface area (Å²) in [6.45, 7) is 4.70. The predicted octanol–water partition coefficient (Wildman–Crippen LogP) is 6.60. The standard InChI is InChI=1S/C29H31BrF3N3O3/c1-17-6-7-20(23(12-17)38-5)16-36(15-19-8-9-21(37-4)13-18(19)2)28-35-29(3,26(33)24(14-31)39-28)27-22(32)10-11-25(30)34-27/h6-13,24,26H,14-16H2,1-5H3/t24-,26+,29+/m1/s1. The van der Waals surface area contributed by atoms with Gasteiger partial charge in [0.25, 0.3) is 6.02 Å². The molecule has 0 radical (unpaired) electrons. The van der Waals surface area contributed by atoms with Crippen molar-refractivity contribution in [3.63, 3.8) is 0 Å². The average molecular weight is 606 g/mol. The molecule has 3 aromatic rings. The van der Waals surface area contributed by atoms with Gasteiger partial charge in [0, 0.05) is 12.1 Å². The molecule has 39 heavy (non-hydrogen) atoms. The second-order valence-electron chi connectivity index (χ2n) is 9.68. The molecule has 0 aliphatic carbocycles. The van der Waals surface area contributed by atoms with E-state index in [1.54, 1.807) is 19.1 Å². The zero-order valence-electron chi connectivity index (χ0n) is 22.5. The molecule has 0 saturated heterocycles. The van der Waals surface area contributed by atoms with Crippen LogP contribution in [0.4, 0.5) is 13.2 Å². The second-order valence-corrected chi connectivity index (χ2v) is 10.5. The Morgan fingerprint density at radius 2 is 1.74 bits per heavy atom. The number of ether oxygens (including phenoxy) is 3. The smallest absolute Gasteiger partial charge is 0.289 e. The Balaban J connectivity index is 1.85. The van der Waals surface area contributed by atoms with Crippen molar-refractivity contribution >= 4 is 22.0 Å². The summed E-state index contributed by atoms with van der Waals surface area (Å²) in [6.07, 6.45) is -3.50. The summed E-state index contributed by atoms with van der Waals surface area (Å²) < 4.78 is 62.0. The maximum atomic E-state index is 15.7. The van der Waals surface area contributed by atoms with E-state index in [0.29, 0.717) is 16.1 Å². The number of halogens is 4. The first kappa shape index (κ1) is 28.7. The lowest BCUT2D eigenvalue weighted by Gasteiger charge is -2.40. The van der Waals surface area contributed by atoms with Gasteiger partial charge in [-0.3, -0.25) is 0 Å². The van der Waals surface area contributed by atoms with Crippen molar-refractivity contribution in [3.8, 4) is 11.5 Å². The van der Waals surface area contributed by atoms with Crippen LogP contribution in [0.15, 0.2) is 58.1 Å². The quantitative estimate of drug-likeness (QED) is 0.271. The largest absolute Gasteiger partial charge is 0.497 e. The molecule has 6 nitrogen and oxygen atoms in total. The summed E-state index contributed by atoms with van der Waals surface area (Å²) in [6, 6.07) is 14.0. The van der Waals surface area contributed by atoms with Crippen LogP contribution in [0, 0.1) is 19.7 Å². The molecule has 0 spiro atoms. The fourth-order valence-corrected chi connectivity index (χ4v) is 4.92. The van der Waals surface area contributed by atoms with E-state index in [2.05, 4.69) is 25.9 Å². The van der Waals surface area contributed by atoms with E-state index in [1.807, 2.05) is 50.2 Å². The zero-order valence-corrected chi connectivity index (χ0v) is 24.1. The lowest BCUT2D eigenvalue weighted by molar-refractivity contribution is -0.0114. The van der Waals surface area contributed by atoms with Crippen LogP contribution in [0.3, 0.4) is 0 Å². The molecule has 10 heteroatoms. The van der Waals surface area contributed by atoms with Crippen molar-refractivity contribution in [3.05, 3.63) is 86.9 Å². The Morgan fingerprint density at radius 3 is 2.41 bits per heavy atom. The molecular formula is C29H31BrF3N3O3. The van der Waals surface area contributed by atoms with Crippen molar-refractivity contribution in [1.29, 1.82) is 0 Å². The van der Waals surface area contributed by atoms with Crippen LogP contribution in [0.25, 0.3) is 0 Å². The zero-order chi connectivity index (χ0) is 28.3. The van der Waals surface area contributed by atoms with Crippen LogP contribution in [0.2, 0.25) is 0 Å². The van der Waals surface area contributed by atoms with E-state index in [1.165, 1.54) is 19.1 Å². The summed E-state index contributed by atoms with van der Waals surface area (Å²) in [5.74, 6) is 0.607. The highest BCUT2D eigenvalue weighted by molar-refractivity contribution is 9.10. The Bertz CT molecular complexity index is 1370. The first-order chi connectivity index (χ1) is 18.6. The average Bonchev–Trinajstić information content (AvgIpc) is 2.92. The van der Waals surface area contributed by atoms with Crippen LogP contribution < -0.4 is 9.47 Å². The molecule has 4 rings (SSSR count). The van der Waals surface area contributed by atoms with E-state index < -0.39 is 30.3 Å². The van der Waals surface area contributed by atoms with Crippen molar-refractivity contribution < 1.29 is 27.4 Å². The molecule has 208 valence electrons. The minimum absolute atomic E-state index is 0.0203. The molecule has 0 unspecified atom stereocenters. The van der Waals surface area contributed by atoms with Gasteiger partial charge in [0.05, 0.1) is 20.8 Å². The van der Waals surface area contributed by atoms with Gasteiger partial charge in [0.15, 0.2) is 12.3 Å². The van der Waals surface area contributed by atoms with Gasteiger partial charge in [-0.25, -0.2) is 23.1 Å². The molecule has 1 aliphatic rings. The number of nitrogens with zero attached hydrogens (tertiary/aromatic N) is 3. The topological polar surface area (TPSA) is 56.2 Å². The molecule has 2 heterocycles. The van der Waals surface area contributed by atoms with E-state index in [4.69, 9.17) is 14.2 Å². The fraction of sp³-hybridized carbons (Fsp3) is 0.379. The van der Waals surface area contributed by atoms with Gasteiger partial charge in [-0.15, -0.1) is 0 Å². The molecule has 0 N–H and O–H groups in total. The lowest BCUT2D eigenvalue weighted by Crippen LogP contribution is -2.52. The lowest BCUT2D eigenvalue weighted by atomic mass is 9.87. The maximum absolute atomic E-state index is 15.7. The second kappa shape index (κ2) is 11.9. The van der Waals surface area contributed by atoms with Gasteiger partial charge in [-0.05, 0) is 83.7 Å². The van der Waals surface area contributed by atoms with Crippen LogP contribution in [0.5, 0.6) is 11.5 Å². The number of rotatable bonds is 8. The molecule has 0 bridgehead atoms. The summed E-state index contributed by atoms with van der Waals surface area (Å²) in [5, 5.41) is 0. The first-order valence-corrected chi connectivity index (χ1v) is 13.2. The molecule has 0 amide bonds. The summed E-state index contributed by atoms with van der Waals surface area (Å²) >= 11 is 3.22. The number of pyridine rings is 1. The number of aryl methyl sites for hydroxylation is 2. The Hall–Kier alpha value is -3.27. The van der Waals surface area contributed by atoms with Gasteiger partial charge in [-0.2, -0.15) is 0 Å². The third kappa shape index (κ3) is 6.00. The first-order valence-electron chi connectivity index (χ1n) is 12.4. The predicted molar refractivity (Wildman–Crippen MR) is 147 cm³/mol. The van der Waals surface area contributed by atoms with Crippen molar-refractivity contribution in [2.45, 2.75) is 51.7 Å². The Labute approximate surface area is 234 Å². The Kier molecular flexibility index (Phi) is 8.73. The van der Waals surface area contributed by atoms with Gasteiger partial charge >= 0.3 is 0 Å². The minimum atomic E-state index is -1.99. The number of aliphatic imine (C=N–C) groups is 1. The molecule has 1 aliphatic heterocycles. The van der Waals surface area contributed by atoms with Crippen LogP contribution in [0.1, 0.15) is 34.9 Å². The molecule has 1 aromatic heterocycles. The molecule has 2 aromatic carbocycles. The van der Waals surface area contributed by atoms with E-state index in [0.717, 1.165) is 22.3 Å². The summed E-state index contributed by atoms with van der Waals surface area (Å²) in [5.41, 5.74) is 1.61. The number of alkyl halides is 2. The normalized spacial score (nSPS) is 20.7. The van der Waals surface area contributed by atoms with Gasteiger partial charge < -0.3 is 19.1 Å². The van der Waals surface area contributed by atoms with Crippen LogP contribution >= 0.6 is 15.9 Å².